The van der Waals surface area contributed by atoms with E-state index >= 15 is 0 Å². The molecule has 1 N–H and O–H groups in total. The highest BCUT2D eigenvalue weighted by Crippen LogP contribution is 2.30. The Bertz CT molecular complexity index is 1190. The van der Waals surface area contributed by atoms with Gasteiger partial charge in [0.05, 0.1) is 5.69 Å². The zero-order chi connectivity index (χ0) is 20.6. The fraction of sp³-hybridized carbons (Fsp3) is 0.190. The summed E-state index contributed by atoms with van der Waals surface area (Å²) in [6.07, 6.45) is 0.621. The first-order valence-corrected chi connectivity index (χ1v) is 11.4. The second-order valence-corrected chi connectivity index (χ2v) is 9.73. The average molecular weight is 431 g/mol. The van der Waals surface area contributed by atoms with Crippen molar-refractivity contribution < 1.29 is 17.6 Å². The summed E-state index contributed by atoms with van der Waals surface area (Å²) in [5.74, 6) is -1.21. The van der Waals surface area contributed by atoms with Gasteiger partial charge in [-0.15, -0.1) is 11.3 Å². The SMILES string of the molecule is Cc1ccc(F)c(NC(=O)c2sccc2S(=O)(=O)N2CCc3ccccc3C2)c1. The quantitative estimate of drug-likeness (QED) is 0.675. The van der Waals surface area contributed by atoms with Gasteiger partial charge in [-0.1, -0.05) is 30.3 Å². The number of rotatable bonds is 4. The van der Waals surface area contributed by atoms with E-state index in [4.69, 9.17) is 0 Å². The van der Waals surface area contributed by atoms with Crippen molar-refractivity contribution >= 4 is 33.0 Å². The molecule has 8 heteroatoms. The number of hydrogen-bond donors (Lipinski definition) is 1. The number of carbonyl (C=O) groups excluding carboxylic acids is 1. The van der Waals surface area contributed by atoms with Crippen molar-refractivity contribution in [1.29, 1.82) is 0 Å². The number of carbonyl (C=O) groups is 1. The molecule has 29 heavy (non-hydrogen) atoms. The molecule has 2 heterocycles. The molecular formula is C21H19FN2O3S2. The molecule has 2 aromatic carbocycles. The summed E-state index contributed by atoms with van der Waals surface area (Å²) in [6, 6.07) is 13.5. The van der Waals surface area contributed by atoms with Gasteiger partial charge in [0.15, 0.2) is 0 Å². The molecule has 1 aromatic heterocycles. The Morgan fingerprint density at radius 3 is 2.69 bits per heavy atom. The summed E-state index contributed by atoms with van der Waals surface area (Å²) in [6.45, 7) is 2.40. The Labute approximate surface area is 172 Å². The number of thiophene rings is 1. The van der Waals surface area contributed by atoms with E-state index in [0.29, 0.717) is 13.0 Å². The largest absolute Gasteiger partial charge is 0.319 e. The number of anilines is 1. The number of amides is 1. The monoisotopic (exact) mass is 430 g/mol. The smallest absolute Gasteiger partial charge is 0.267 e. The van der Waals surface area contributed by atoms with E-state index in [1.54, 1.807) is 18.4 Å². The molecule has 5 nitrogen and oxygen atoms in total. The van der Waals surface area contributed by atoms with E-state index < -0.39 is 21.7 Å². The molecule has 0 radical (unpaired) electrons. The second-order valence-electron chi connectivity index (χ2n) is 6.91. The molecule has 0 saturated carbocycles. The zero-order valence-corrected chi connectivity index (χ0v) is 17.3. The second kappa shape index (κ2) is 7.70. The van der Waals surface area contributed by atoms with Crippen LogP contribution in [0.3, 0.4) is 0 Å². The molecule has 0 saturated heterocycles. The van der Waals surface area contributed by atoms with Crippen LogP contribution >= 0.6 is 11.3 Å². The third kappa shape index (κ3) is 3.83. The molecular weight excluding hydrogens is 411 g/mol. The van der Waals surface area contributed by atoms with Crippen LogP contribution in [-0.2, 0) is 23.0 Å². The van der Waals surface area contributed by atoms with Crippen LogP contribution in [0.4, 0.5) is 10.1 Å². The topological polar surface area (TPSA) is 66.5 Å². The normalized spacial score (nSPS) is 14.4. The maximum Gasteiger partial charge on any atom is 0.267 e. The molecule has 3 aromatic rings. The Kier molecular flexibility index (Phi) is 5.24. The van der Waals surface area contributed by atoms with Crippen molar-refractivity contribution in [3.05, 3.63) is 81.3 Å². The highest BCUT2D eigenvalue weighted by atomic mass is 32.2. The molecule has 4 rings (SSSR count). The first-order chi connectivity index (χ1) is 13.9. The third-order valence-electron chi connectivity index (χ3n) is 4.92. The van der Waals surface area contributed by atoms with Crippen LogP contribution in [0.15, 0.2) is 58.8 Å². The van der Waals surface area contributed by atoms with Gasteiger partial charge in [0.1, 0.15) is 15.6 Å². The zero-order valence-electron chi connectivity index (χ0n) is 15.7. The molecule has 0 bridgehead atoms. The molecule has 1 aliphatic heterocycles. The number of sulfonamides is 1. The molecule has 0 unspecified atom stereocenters. The Morgan fingerprint density at radius 1 is 1.14 bits per heavy atom. The van der Waals surface area contributed by atoms with E-state index in [1.807, 2.05) is 24.3 Å². The van der Waals surface area contributed by atoms with Crippen molar-refractivity contribution in [3.8, 4) is 0 Å². The van der Waals surface area contributed by atoms with Gasteiger partial charge in [0.2, 0.25) is 10.0 Å². The van der Waals surface area contributed by atoms with Gasteiger partial charge in [-0.2, -0.15) is 4.31 Å². The fourth-order valence-corrected chi connectivity index (χ4v) is 6.11. The Hall–Kier alpha value is -2.55. The van der Waals surface area contributed by atoms with Crippen LogP contribution in [0.2, 0.25) is 0 Å². The lowest BCUT2D eigenvalue weighted by molar-refractivity contribution is 0.102. The predicted molar refractivity (Wildman–Crippen MR) is 111 cm³/mol. The van der Waals surface area contributed by atoms with Gasteiger partial charge in [-0.3, -0.25) is 4.79 Å². The number of nitrogens with one attached hydrogen (secondary N) is 1. The minimum Gasteiger partial charge on any atom is -0.319 e. The molecule has 0 aliphatic carbocycles. The van der Waals surface area contributed by atoms with Crippen LogP contribution in [0.1, 0.15) is 26.4 Å². The van der Waals surface area contributed by atoms with E-state index in [-0.39, 0.29) is 22.0 Å². The molecule has 1 amide bonds. The van der Waals surface area contributed by atoms with Crippen LogP contribution in [-0.4, -0.2) is 25.2 Å². The number of hydrogen-bond acceptors (Lipinski definition) is 4. The number of benzene rings is 2. The van der Waals surface area contributed by atoms with Crippen LogP contribution in [0, 0.1) is 12.7 Å². The van der Waals surface area contributed by atoms with Crippen molar-refractivity contribution in [3.63, 3.8) is 0 Å². The van der Waals surface area contributed by atoms with Gasteiger partial charge in [-0.05, 0) is 53.6 Å². The van der Waals surface area contributed by atoms with Gasteiger partial charge < -0.3 is 5.32 Å². The van der Waals surface area contributed by atoms with Crippen LogP contribution in [0.25, 0.3) is 0 Å². The van der Waals surface area contributed by atoms with Crippen molar-refractivity contribution in [2.45, 2.75) is 24.8 Å². The maximum absolute atomic E-state index is 14.0. The standard InChI is InChI=1S/C21H19FN2O3S2/c1-14-6-7-17(22)18(12-14)23-21(25)20-19(9-11-28-20)29(26,27)24-10-8-15-4-2-3-5-16(15)13-24/h2-7,9,11-12H,8,10,13H2,1H3,(H,23,25). The molecule has 0 atom stereocenters. The number of aryl methyl sites for hydroxylation is 1. The number of halogens is 1. The summed E-state index contributed by atoms with van der Waals surface area (Å²) >= 11 is 1.02. The molecule has 150 valence electrons. The van der Waals surface area contributed by atoms with Gasteiger partial charge in [0.25, 0.3) is 5.91 Å². The highest BCUT2D eigenvalue weighted by Gasteiger charge is 2.32. The van der Waals surface area contributed by atoms with Crippen LogP contribution < -0.4 is 5.32 Å². The van der Waals surface area contributed by atoms with Gasteiger partial charge in [-0.25, -0.2) is 12.8 Å². The van der Waals surface area contributed by atoms with E-state index in [1.165, 1.54) is 22.5 Å². The lowest BCUT2D eigenvalue weighted by Crippen LogP contribution is -2.36. The third-order valence-corrected chi connectivity index (χ3v) is 7.85. The maximum atomic E-state index is 14.0. The van der Waals surface area contributed by atoms with Gasteiger partial charge in [0, 0.05) is 13.1 Å². The van der Waals surface area contributed by atoms with E-state index in [9.17, 15) is 17.6 Å². The molecule has 0 fully saturated rings. The van der Waals surface area contributed by atoms with Crippen molar-refractivity contribution in [2.24, 2.45) is 0 Å². The predicted octanol–water partition coefficient (Wildman–Crippen LogP) is 4.19. The number of fused-ring (bicyclic) bond motifs is 1. The lowest BCUT2D eigenvalue weighted by atomic mass is 10.0. The summed E-state index contributed by atoms with van der Waals surface area (Å²) in [5.41, 5.74) is 2.91. The fourth-order valence-electron chi connectivity index (χ4n) is 3.39. The summed E-state index contributed by atoms with van der Waals surface area (Å²) in [5, 5.41) is 4.06. The lowest BCUT2D eigenvalue weighted by Gasteiger charge is -2.28. The first kappa shape index (κ1) is 19.8. The molecule has 0 spiro atoms. The number of nitrogens with zero attached hydrogens (tertiary/aromatic N) is 1. The summed E-state index contributed by atoms with van der Waals surface area (Å²) in [4.78, 5) is 12.7. The summed E-state index contributed by atoms with van der Waals surface area (Å²) in [7, 11) is -3.86. The minimum absolute atomic E-state index is 0.0265. The average Bonchev–Trinajstić information content (AvgIpc) is 3.21. The first-order valence-electron chi connectivity index (χ1n) is 9.08. The highest BCUT2D eigenvalue weighted by molar-refractivity contribution is 7.89. The molecule has 1 aliphatic rings. The van der Waals surface area contributed by atoms with E-state index in [0.717, 1.165) is 28.0 Å². The van der Waals surface area contributed by atoms with Crippen molar-refractivity contribution in [1.82, 2.24) is 4.31 Å². The van der Waals surface area contributed by atoms with Crippen LogP contribution in [0.5, 0.6) is 0 Å². The summed E-state index contributed by atoms with van der Waals surface area (Å²) < 4.78 is 41.9. The van der Waals surface area contributed by atoms with Gasteiger partial charge >= 0.3 is 0 Å². The van der Waals surface area contributed by atoms with Crippen molar-refractivity contribution in [2.75, 3.05) is 11.9 Å². The Morgan fingerprint density at radius 2 is 1.90 bits per heavy atom. The minimum atomic E-state index is -3.86. The van der Waals surface area contributed by atoms with E-state index in [2.05, 4.69) is 5.32 Å². The Balaban J connectivity index is 1.61.